The van der Waals surface area contributed by atoms with Crippen LogP contribution >= 0.6 is 0 Å². The topological polar surface area (TPSA) is 49.4 Å². The highest BCUT2D eigenvalue weighted by Crippen LogP contribution is 1.72. The zero-order valence-corrected chi connectivity index (χ0v) is 4.07. The van der Waals surface area contributed by atoms with E-state index in [0.717, 1.165) is 0 Å². The summed E-state index contributed by atoms with van der Waals surface area (Å²) in [5.74, 6) is 0. The van der Waals surface area contributed by atoms with Crippen LogP contribution in [0.5, 0.6) is 0 Å². The third-order valence-electron chi connectivity index (χ3n) is 0.270. The van der Waals surface area contributed by atoms with Crippen LogP contribution in [0.25, 0.3) is 0 Å². The average Bonchev–Trinajstić information content (AvgIpc) is 1.69. The van der Waals surface area contributed by atoms with Crippen LogP contribution in [-0.4, -0.2) is 12.9 Å². The van der Waals surface area contributed by atoms with Gasteiger partial charge in [0.2, 0.25) is 0 Å². The van der Waals surface area contributed by atoms with Crippen LogP contribution in [-0.2, 0) is 0 Å². The summed E-state index contributed by atoms with van der Waals surface area (Å²) < 4.78 is 0. The Balaban J connectivity index is 3.27. The van der Waals surface area contributed by atoms with E-state index in [1.165, 1.54) is 6.21 Å². The van der Waals surface area contributed by atoms with Crippen molar-refractivity contribution in [1.29, 1.82) is 0 Å². The Morgan fingerprint density at radius 3 is 2.57 bits per heavy atom. The SMILES string of the molecule is C=N/N=N\N=C/C. The molecule has 0 unspecified atom stereocenters. The van der Waals surface area contributed by atoms with Crippen LogP contribution in [0.3, 0.4) is 0 Å². The van der Waals surface area contributed by atoms with Gasteiger partial charge < -0.3 is 0 Å². The molecule has 0 fully saturated rings. The Bertz CT molecular complexity index is 93.1. The molecule has 0 aliphatic carbocycles. The molecule has 0 aliphatic heterocycles. The quantitative estimate of drug-likeness (QED) is 0.281. The van der Waals surface area contributed by atoms with Gasteiger partial charge in [-0.3, -0.25) is 0 Å². The summed E-state index contributed by atoms with van der Waals surface area (Å²) in [6.07, 6.45) is 1.51. The maximum atomic E-state index is 3.36. The predicted octanol–water partition coefficient (Wildman–Crippen LogP) is 1.06. The number of hydrogen-bond acceptors (Lipinski definition) is 2. The molecule has 4 nitrogen and oxygen atoms in total. The van der Waals surface area contributed by atoms with Gasteiger partial charge in [0.05, 0.1) is 0 Å². The van der Waals surface area contributed by atoms with Crippen molar-refractivity contribution in [2.75, 3.05) is 0 Å². The molecule has 0 heterocycles. The largest absolute Gasteiger partial charge is 0.145 e. The third kappa shape index (κ3) is 4.94. The summed E-state index contributed by atoms with van der Waals surface area (Å²) >= 11 is 0. The number of nitrogens with zero attached hydrogens (tertiary/aromatic N) is 4. The van der Waals surface area contributed by atoms with E-state index in [4.69, 9.17) is 0 Å². The van der Waals surface area contributed by atoms with Crippen LogP contribution in [0.1, 0.15) is 6.92 Å². The third-order valence-corrected chi connectivity index (χ3v) is 0.270. The van der Waals surface area contributed by atoms with Crippen molar-refractivity contribution in [2.24, 2.45) is 20.6 Å². The monoisotopic (exact) mass is 98.1 g/mol. The predicted molar refractivity (Wildman–Crippen MR) is 28.6 cm³/mol. The highest BCUT2D eigenvalue weighted by molar-refractivity contribution is 5.52. The van der Waals surface area contributed by atoms with Gasteiger partial charge in [-0.25, -0.2) is 0 Å². The normalized spacial score (nSPS) is 11.0. The molecule has 0 bridgehead atoms. The number of hydrogen-bond donors (Lipinski definition) is 0. The minimum Gasteiger partial charge on any atom is -0.145 e. The fourth-order valence-electron chi connectivity index (χ4n) is 0.103. The molecule has 0 saturated carbocycles. The van der Waals surface area contributed by atoms with E-state index in [1.807, 2.05) is 0 Å². The molecule has 0 radical (unpaired) electrons. The summed E-state index contributed by atoms with van der Waals surface area (Å²) in [6, 6.07) is 0. The molecule has 4 heteroatoms. The second-order valence-electron chi connectivity index (χ2n) is 0.694. The van der Waals surface area contributed by atoms with Crippen molar-refractivity contribution in [3.8, 4) is 0 Å². The van der Waals surface area contributed by atoms with Crippen molar-refractivity contribution in [3.05, 3.63) is 0 Å². The van der Waals surface area contributed by atoms with E-state index < -0.39 is 0 Å². The molecule has 0 saturated heterocycles. The van der Waals surface area contributed by atoms with Gasteiger partial charge in [-0.1, -0.05) is 0 Å². The minimum atomic E-state index is 1.51. The summed E-state index contributed by atoms with van der Waals surface area (Å²) in [4.78, 5) is 0. The standard InChI is InChI=1S/C3H6N4/c1-3-5-7-6-4-2/h3H,2H2,1H3/b5-3-,7-6-. The van der Waals surface area contributed by atoms with Gasteiger partial charge in [0.25, 0.3) is 0 Å². The molecule has 0 aromatic heterocycles. The highest BCUT2D eigenvalue weighted by atomic mass is 15.5. The van der Waals surface area contributed by atoms with Crippen LogP contribution in [0.4, 0.5) is 0 Å². The van der Waals surface area contributed by atoms with Crippen LogP contribution in [0, 0.1) is 0 Å². The molecule has 0 amide bonds. The average molecular weight is 98.1 g/mol. The first-order valence-corrected chi connectivity index (χ1v) is 1.75. The van der Waals surface area contributed by atoms with Gasteiger partial charge in [0, 0.05) is 12.9 Å². The Labute approximate surface area is 41.6 Å². The number of rotatable bonds is 2. The molecule has 0 spiro atoms. The van der Waals surface area contributed by atoms with E-state index in [-0.39, 0.29) is 0 Å². The fourth-order valence-corrected chi connectivity index (χ4v) is 0.103. The Hall–Kier alpha value is -1.06. The smallest absolute Gasteiger partial charge is 0.0258 e. The lowest BCUT2D eigenvalue weighted by Crippen LogP contribution is -1.50. The molecule has 38 valence electrons. The first-order chi connectivity index (χ1) is 3.41. The van der Waals surface area contributed by atoms with E-state index in [1.54, 1.807) is 6.92 Å². The first kappa shape index (κ1) is 5.94. The summed E-state index contributed by atoms with van der Waals surface area (Å²) in [5, 5.41) is 12.7. The Morgan fingerprint density at radius 2 is 2.14 bits per heavy atom. The van der Waals surface area contributed by atoms with Crippen LogP contribution in [0.2, 0.25) is 0 Å². The zero-order chi connectivity index (χ0) is 5.54. The van der Waals surface area contributed by atoms with Gasteiger partial charge in [-0.05, 0) is 17.4 Å². The molecule has 0 aromatic rings. The lowest BCUT2D eigenvalue weighted by atomic mass is 10.9. The van der Waals surface area contributed by atoms with E-state index in [0.29, 0.717) is 0 Å². The second-order valence-corrected chi connectivity index (χ2v) is 0.694. The molecule has 7 heavy (non-hydrogen) atoms. The molecule has 0 N–H and O–H groups in total. The lowest BCUT2D eigenvalue weighted by Gasteiger charge is -1.64. The maximum Gasteiger partial charge on any atom is 0.0258 e. The lowest BCUT2D eigenvalue weighted by molar-refractivity contribution is 0.967. The van der Waals surface area contributed by atoms with Crippen LogP contribution in [0.15, 0.2) is 20.6 Å². The maximum absolute atomic E-state index is 3.36. The van der Waals surface area contributed by atoms with Crippen molar-refractivity contribution in [3.63, 3.8) is 0 Å². The van der Waals surface area contributed by atoms with Crippen molar-refractivity contribution >= 4 is 12.9 Å². The van der Waals surface area contributed by atoms with Crippen molar-refractivity contribution in [1.82, 2.24) is 0 Å². The van der Waals surface area contributed by atoms with Gasteiger partial charge in [0.1, 0.15) is 0 Å². The molecular formula is C3H6N4. The van der Waals surface area contributed by atoms with Crippen molar-refractivity contribution < 1.29 is 0 Å². The van der Waals surface area contributed by atoms with Crippen LogP contribution < -0.4 is 0 Å². The summed E-state index contributed by atoms with van der Waals surface area (Å²) in [7, 11) is 0. The van der Waals surface area contributed by atoms with Gasteiger partial charge in [0.15, 0.2) is 0 Å². The van der Waals surface area contributed by atoms with E-state index in [2.05, 4.69) is 27.4 Å². The highest BCUT2D eigenvalue weighted by Gasteiger charge is 1.53. The van der Waals surface area contributed by atoms with Gasteiger partial charge in [-0.15, -0.1) is 10.2 Å². The fraction of sp³-hybridized carbons (Fsp3) is 0.333. The first-order valence-electron chi connectivity index (χ1n) is 1.75. The zero-order valence-electron chi connectivity index (χ0n) is 4.07. The van der Waals surface area contributed by atoms with E-state index in [9.17, 15) is 0 Å². The Kier molecular flexibility index (Phi) is 4.19. The van der Waals surface area contributed by atoms with Gasteiger partial charge >= 0.3 is 0 Å². The summed E-state index contributed by atoms with van der Waals surface area (Å²) in [5.41, 5.74) is 0. The van der Waals surface area contributed by atoms with Gasteiger partial charge in [-0.2, -0.15) is 0 Å². The van der Waals surface area contributed by atoms with E-state index >= 15 is 0 Å². The Morgan fingerprint density at radius 1 is 1.43 bits per heavy atom. The van der Waals surface area contributed by atoms with Crippen molar-refractivity contribution in [2.45, 2.75) is 6.92 Å². The minimum absolute atomic E-state index is 1.51. The molecule has 0 atom stereocenters. The molecule has 0 aliphatic rings. The second kappa shape index (κ2) is 4.94. The molecule has 0 rings (SSSR count). The molecule has 0 aromatic carbocycles. The summed E-state index contributed by atoms with van der Waals surface area (Å²) in [6.45, 7) is 4.79. The molecular weight excluding hydrogens is 92.1 g/mol.